The molecule has 0 amide bonds. The molecule has 0 aliphatic carbocycles. The van der Waals surface area contributed by atoms with E-state index < -0.39 is 0 Å². The molecule has 0 spiro atoms. The zero-order valence-corrected chi connectivity index (χ0v) is 7.41. The Balaban J connectivity index is 0.000000140. The van der Waals surface area contributed by atoms with E-state index in [-0.39, 0.29) is 0 Å². The van der Waals surface area contributed by atoms with E-state index >= 15 is 0 Å². The first-order valence-electron chi connectivity index (χ1n) is 3.82. The first-order valence-corrected chi connectivity index (χ1v) is 3.82. The summed E-state index contributed by atoms with van der Waals surface area (Å²) in [6.07, 6.45) is 9.26. The van der Waals surface area contributed by atoms with Crippen molar-refractivity contribution in [2.24, 2.45) is 0 Å². The maximum absolute atomic E-state index is 5.18. The van der Waals surface area contributed by atoms with Crippen LogP contribution in [0.15, 0.2) is 37.2 Å². The minimum absolute atomic E-state index is 0.461. The Labute approximate surface area is 81.1 Å². The molecule has 2 heterocycles. The molecule has 0 saturated heterocycles. The van der Waals surface area contributed by atoms with Crippen LogP contribution in [-0.2, 0) is 0 Å². The van der Waals surface area contributed by atoms with Crippen molar-refractivity contribution in [3.05, 3.63) is 37.2 Å². The summed E-state index contributed by atoms with van der Waals surface area (Å²) in [5, 5.41) is 0. The van der Waals surface area contributed by atoms with Crippen molar-refractivity contribution in [1.82, 2.24) is 19.9 Å². The Morgan fingerprint density at radius 3 is 1.29 bits per heavy atom. The zero-order valence-electron chi connectivity index (χ0n) is 7.41. The topological polar surface area (TPSA) is 104 Å². The van der Waals surface area contributed by atoms with Crippen LogP contribution in [0.2, 0.25) is 0 Å². The van der Waals surface area contributed by atoms with Gasteiger partial charge in [-0.2, -0.15) is 0 Å². The number of hydrogen-bond donors (Lipinski definition) is 2. The molecule has 0 radical (unpaired) electrons. The van der Waals surface area contributed by atoms with Gasteiger partial charge in [0.25, 0.3) is 0 Å². The SMILES string of the molecule is Nc1cnccn1.Nc1cnccn1. The number of hydrogen-bond acceptors (Lipinski definition) is 6. The van der Waals surface area contributed by atoms with Gasteiger partial charge in [0.2, 0.25) is 0 Å². The quantitative estimate of drug-likeness (QED) is 0.611. The third-order valence-electron chi connectivity index (χ3n) is 1.17. The predicted octanol–water partition coefficient (Wildman–Crippen LogP) is 0.118. The molecule has 2 aromatic heterocycles. The lowest BCUT2D eigenvalue weighted by atomic mass is 10.7. The van der Waals surface area contributed by atoms with Crippen molar-refractivity contribution < 1.29 is 0 Å². The van der Waals surface area contributed by atoms with Gasteiger partial charge < -0.3 is 11.5 Å². The summed E-state index contributed by atoms with van der Waals surface area (Å²) in [6.45, 7) is 0. The molecular weight excluding hydrogens is 180 g/mol. The molecule has 0 atom stereocenters. The molecular formula is C8H10N6. The monoisotopic (exact) mass is 190 g/mol. The van der Waals surface area contributed by atoms with E-state index in [1.807, 2.05) is 0 Å². The first kappa shape index (κ1) is 9.85. The Bertz CT molecular complexity index is 311. The molecule has 0 fully saturated rings. The Hall–Kier alpha value is -2.24. The predicted molar refractivity (Wildman–Crippen MR) is 52.9 cm³/mol. The van der Waals surface area contributed by atoms with Gasteiger partial charge >= 0.3 is 0 Å². The lowest BCUT2D eigenvalue weighted by Gasteiger charge is -1.82. The summed E-state index contributed by atoms with van der Waals surface area (Å²) in [5.41, 5.74) is 10.4. The van der Waals surface area contributed by atoms with Crippen LogP contribution in [-0.4, -0.2) is 19.9 Å². The van der Waals surface area contributed by atoms with Crippen LogP contribution in [0.5, 0.6) is 0 Å². The fourth-order valence-electron chi connectivity index (χ4n) is 0.621. The molecule has 6 nitrogen and oxygen atoms in total. The minimum Gasteiger partial charge on any atom is -0.382 e. The smallest absolute Gasteiger partial charge is 0.141 e. The third-order valence-corrected chi connectivity index (χ3v) is 1.17. The number of nitrogens with two attached hydrogens (primary N) is 2. The van der Waals surface area contributed by atoms with E-state index in [1.165, 1.54) is 12.4 Å². The molecule has 0 aromatic carbocycles. The van der Waals surface area contributed by atoms with Gasteiger partial charge in [0.15, 0.2) is 0 Å². The normalized spacial score (nSPS) is 8.57. The Kier molecular flexibility index (Phi) is 3.81. The van der Waals surface area contributed by atoms with E-state index in [1.54, 1.807) is 24.8 Å². The van der Waals surface area contributed by atoms with Crippen molar-refractivity contribution in [3.63, 3.8) is 0 Å². The van der Waals surface area contributed by atoms with Gasteiger partial charge in [-0.15, -0.1) is 0 Å². The number of aromatic nitrogens is 4. The summed E-state index contributed by atoms with van der Waals surface area (Å²) in [7, 11) is 0. The van der Waals surface area contributed by atoms with Crippen LogP contribution in [0.3, 0.4) is 0 Å². The fourth-order valence-corrected chi connectivity index (χ4v) is 0.621. The van der Waals surface area contributed by atoms with Crippen LogP contribution in [0, 0.1) is 0 Å². The highest BCUT2D eigenvalue weighted by Crippen LogP contribution is 1.85. The zero-order chi connectivity index (χ0) is 10.2. The van der Waals surface area contributed by atoms with E-state index in [2.05, 4.69) is 19.9 Å². The van der Waals surface area contributed by atoms with Crippen LogP contribution in [0.1, 0.15) is 0 Å². The standard InChI is InChI=1S/2C4H5N3/c2*5-4-3-6-1-2-7-4/h2*1-3H,(H2,5,7). The van der Waals surface area contributed by atoms with Crippen LogP contribution in [0.4, 0.5) is 11.6 Å². The summed E-state index contributed by atoms with van der Waals surface area (Å²) in [4.78, 5) is 14.8. The number of nitrogens with zero attached hydrogens (tertiary/aromatic N) is 4. The van der Waals surface area contributed by atoms with Gasteiger partial charge in [0.05, 0.1) is 12.4 Å². The molecule has 2 rings (SSSR count). The van der Waals surface area contributed by atoms with Crippen molar-refractivity contribution in [2.75, 3.05) is 11.5 Å². The molecule has 4 N–H and O–H groups in total. The van der Waals surface area contributed by atoms with E-state index in [9.17, 15) is 0 Å². The molecule has 0 aliphatic rings. The summed E-state index contributed by atoms with van der Waals surface area (Å²) >= 11 is 0. The second-order valence-corrected chi connectivity index (χ2v) is 2.26. The second kappa shape index (κ2) is 5.41. The van der Waals surface area contributed by atoms with Crippen LogP contribution >= 0.6 is 0 Å². The van der Waals surface area contributed by atoms with Gasteiger partial charge in [-0.1, -0.05) is 0 Å². The molecule has 0 aliphatic heterocycles. The molecule has 14 heavy (non-hydrogen) atoms. The lowest BCUT2D eigenvalue weighted by molar-refractivity contribution is 1.21. The lowest BCUT2D eigenvalue weighted by Crippen LogP contribution is -1.87. The maximum atomic E-state index is 5.18. The number of anilines is 2. The molecule has 72 valence electrons. The molecule has 2 aromatic rings. The van der Waals surface area contributed by atoms with E-state index in [0.717, 1.165) is 0 Å². The van der Waals surface area contributed by atoms with Gasteiger partial charge in [-0.25, -0.2) is 9.97 Å². The number of nitrogen functional groups attached to an aromatic ring is 2. The van der Waals surface area contributed by atoms with Crippen molar-refractivity contribution in [2.45, 2.75) is 0 Å². The molecule has 6 heteroatoms. The largest absolute Gasteiger partial charge is 0.382 e. The average molecular weight is 190 g/mol. The van der Waals surface area contributed by atoms with Crippen LogP contribution in [0.25, 0.3) is 0 Å². The Morgan fingerprint density at radius 2 is 1.14 bits per heavy atom. The summed E-state index contributed by atoms with van der Waals surface area (Å²) in [6, 6.07) is 0. The van der Waals surface area contributed by atoms with Crippen LogP contribution < -0.4 is 11.5 Å². The van der Waals surface area contributed by atoms with Gasteiger partial charge in [-0.05, 0) is 0 Å². The summed E-state index contributed by atoms with van der Waals surface area (Å²) in [5.74, 6) is 0.921. The molecule has 0 unspecified atom stereocenters. The van der Waals surface area contributed by atoms with Gasteiger partial charge in [0.1, 0.15) is 11.6 Å². The van der Waals surface area contributed by atoms with E-state index in [0.29, 0.717) is 11.6 Å². The van der Waals surface area contributed by atoms with E-state index in [4.69, 9.17) is 11.5 Å². The highest BCUT2D eigenvalue weighted by Gasteiger charge is 1.75. The van der Waals surface area contributed by atoms with Gasteiger partial charge in [-0.3, -0.25) is 9.97 Å². The average Bonchev–Trinajstić information content (AvgIpc) is 2.21. The Morgan fingerprint density at radius 1 is 0.714 bits per heavy atom. The minimum atomic E-state index is 0.461. The number of rotatable bonds is 0. The van der Waals surface area contributed by atoms with Crippen molar-refractivity contribution in [1.29, 1.82) is 0 Å². The molecule has 0 bridgehead atoms. The van der Waals surface area contributed by atoms with Gasteiger partial charge in [0, 0.05) is 24.8 Å². The third kappa shape index (κ3) is 3.96. The van der Waals surface area contributed by atoms with Crippen molar-refractivity contribution >= 4 is 11.6 Å². The first-order chi connectivity index (χ1) is 6.79. The highest BCUT2D eigenvalue weighted by atomic mass is 14.9. The highest BCUT2D eigenvalue weighted by molar-refractivity contribution is 5.20. The maximum Gasteiger partial charge on any atom is 0.141 e. The fraction of sp³-hybridized carbons (Fsp3) is 0. The molecule has 0 saturated carbocycles. The summed E-state index contributed by atoms with van der Waals surface area (Å²) < 4.78 is 0. The van der Waals surface area contributed by atoms with Crippen molar-refractivity contribution in [3.8, 4) is 0 Å². The second-order valence-electron chi connectivity index (χ2n) is 2.26.